The van der Waals surface area contributed by atoms with Crippen LogP contribution in [0.2, 0.25) is 0 Å². The first-order valence-corrected chi connectivity index (χ1v) is 7.38. The molecule has 0 bridgehead atoms. The molecule has 0 aromatic heterocycles. The Kier molecular flexibility index (Phi) is 3.35. The number of ether oxygens (including phenoxy) is 1. The summed E-state index contributed by atoms with van der Waals surface area (Å²) in [4.78, 5) is 26.6. The molecule has 5 nitrogen and oxygen atoms in total. The van der Waals surface area contributed by atoms with Gasteiger partial charge in [0.25, 0.3) is 0 Å². The smallest absolute Gasteiger partial charge is 0.237 e. The van der Waals surface area contributed by atoms with Crippen LogP contribution in [0.1, 0.15) is 26.2 Å². The Hall–Kier alpha value is -2.04. The molecule has 2 atom stereocenters. The maximum absolute atomic E-state index is 12.6. The Labute approximate surface area is 124 Å². The zero-order chi connectivity index (χ0) is 15.1. The number of nitrogens with two attached hydrogens (primary N) is 1. The summed E-state index contributed by atoms with van der Waals surface area (Å²) in [6, 6.07) is 5.02. The average Bonchev–Trinajstić information content (AvgIpc) is 2.99. The highest BCUT2D eigenvalue weighted by molar-refractivity contribution is 6.23. The van der Waals surface area contributed by atoms with Crippen molar-refractivity contribution in [3.8, 4) is 5.75 Å². The molecule has 2 amide bonds. The van der Waals surface area contributed by atoms with E-state index >= 15 is 0 Å². The summed E-state index contributed by atoms with van der Waals surface area (Å²) in [5.41, 5.74) is 6.77. The van der Waals surface area contributed by atoms with Gasteiger partial charge in [-0.3, -0.25) is 9.59 Å². The van der Waals surface area contributed by atoms with E-state index in [2.05, 4.69) is 6.92 Å². The second-order valence-corrected chi connectivity index (χ2v) is 5.90. The van der Waals surface area contributed by atoms with Crippen LogP contribution in [0.25, 0.3) is 0 Å². The minimum atomic E-state index is -0.173. The predicted octanol–water partition coefficient (Wildman–Crippen LogP) is 2.20. The fourth-order valence-corrected chi connectivity index (χ4v) is 3.58. The molecule has 21 heavy (non-hydrogen) atoms. The highest BCUT2D eigenvalue weighted by Crippen LogP contribution is 2.47. The van der Waals surface area contributed by atoms with Crippen LogP contribution in [0.5, 0.6) is 5.75 Å². The van der Waals surface area contributed by atoms with Gasteiger partial charge in [0.2, 0.25) is 11.8 Å². The molecule has 2 unspecified atom stereocenters. The molecular weight excluding hydrogens is 268 g/mol. The number of carbonyl (C=O) groups excluding carboxylic acids is 2. The summed E-state index contributed by atoms with van der Waals surface area (Å²) < 4.78 is 5.27. The zero-order valence-electron chi connectivity index (χ0n) is 12.3. The van der Waals surface area contributed by atoms with E-state index in [1.165, 1.54) is 12.0 Å². The van der Waals surface area contributed by atoms with Gasteiger partial charge in [-0.05, 0) is 37.0 Å². The number of rotatable bonds is 3. The number of hydrogen-bond acceptors (Lipinski definition) is 4. The number of carbonyl (C=O) groups is 2. The summed E-state index contributed by atoms with van der Waals surface area (Å²) in [7, 11) is 1.52. The van der Waals surface area contributed by atoms with Crippen LogP contribution in [-0.2, 0) is 9.59 Å². The van der Waals surface area contributed by atoms with Crippen molar-refractivity contribution in [2.24, 2.45) is 17.8 Å². The van der Waals surface area contributed by atoms with Gasteiger partial charge in [-0.15, -0.1) is 0 Å². The number of fused-ring (bicyclic) bond motifs is 1. The molecule has 112 valence electrons. The number of nitrogen functional groups attached to an aromatic ring is 1. The second kappa shape index (κ2) is 5.06. The number of methoxy groups -OCH3 is 1. The topological polar surface area (TPSA) is 72.6 Å². The van der Waals surface area contributed by atoms with E-state index in [1.807, 2.05) is 0 Å². The summed E-state index contributed by atoms with van der Waals surface area (Å²) in [6.45, 7) is 2.11. The number of amides is 2. The SMILES string of the molecule is CCC1CC2C(=O)N(c3cc(N)ccc3OC)C(=O)C2C1. The van der Waals surface area contributed by atoms with Gasteiger partial charge in [-0.1, -0.05) is 13.3 Å². The Bertz CT molecular complexity index is 575. The van der Waals surface area contributed by atoms with Crippen molar-refractivity contribution >= 4 is 23.2 Å². The van der Waals surface area contributed by atoms with Crippen LogP contribution < -0.4 is 15.4 Å². The molecule has 1 aliphatic heterocycles. The third kappa shape index (κ3) is 2.07. The molecule has 1 saturated heterocycles. The molecule has 2 fully saturated rings. The van der Waals surface area contributed by atoms with E-state index in [0.29, 0.717) is 23.0 Å². The van der Waals surface area contributed by atoms with Crippen molar-refractivity contribution in [1.29, 1.82) is 0 Å². The van der Waals surface area contributed by atoms with E-state index in [4.69, 9.17) is 10.5 Å². The van der Waals surface area contributed by atoms with Gasteiger partial charge in [0.1, 0.15) is 5.75 Å². The van der Waals surface area contributed by atoms with Gasteiger partial charge in [0.15, 0.2) is 0 Å². The van der Waals surface area contributed by atoms with Crippen molar-refractivity contribution in [2.75, 3.05) is 17.7 Å². The van der Waals surface area contributed by atoms with Crippen LogP contribution in [0.3, 0.4) is 0 Å². The summed E-state index contributed by atoms with van der Waals surface area (Å²) in [5.74, 6) is 0.424. The lowest BCUT2D eigenvalue weighted by Crippen LogP contribution is -2.32. The van der Waals surface area contributed by atoms with Crippen LogP contribution in [0.4, 0.5) is 11.4 Å². The minimum absolute atomic E-state index is 0.107. The lowest BCUT2D eigenvalue weighted by Gasteiger charge is -2.20. The monoisotopic (exact) mass is 288 g/mol. The summed E-state index contributed by atoms with van der Waals surface area (Å²) in [6.07, 6.45) is 2.65. The molecule has 5 heteroatoms. The number of hydrogen-bond donors (Lipinski definition) is 1. The maximum atomic E-state index is 12.6. The molecule has 3 rings (SSSR count). The van der Waals surface area contributed by atoms with Gasteiger partial charge in [-0.2, -0.15) is 0 Å². The van der Waals surface area contributed by atoms with Crippen molar-refractivity contribution in [2.45, 2.75) is 26.2 Å². The van der Waals surface area contributed by atoms with Crippen LogP contribution in [0.15, 0.2) is 18.2 Å². The third-order valence-corrected chi connectivity index (χ3v) is 4.76. The predicted molar refractivity (Wildman–Crippen MR) is 79.9 cm³/mol. The Morgan fingerprint density at radius 2 is 1.86 bits per heavy atom. The highest BCUT2D eigenvalue weighted by atomic mass is 16.5. The van der Waals surface area contributed by atoms with Gasteiger partial charge >= 0.3 is 0 Å². The molecule has 0 spiro atoms. The van der Waals surface area contributed by atoms with E-state index in [-0.39, 0.29) is 23.7 Å². The number of imide groups is 1. The van der Waals surface area contributed by atoms with Gasteiger partial charge < -0.3 is 10.5 Å². The van der Waals surface area contributed by atoms with E-state index < -0.39 is 0 Å². The lowest BCUT2D eigenvalue weighted by molar-refractivity contribution is -0.123. The van der Waals surface area contributed by atoms with Crippen molar-refractivity contribution < 1.29 is 14.3 Å². The molecule has 1 aromatic carbocycles. The largest absolute Gasteiger partial charge is 0.495 e. The molecule has 0 radical (unpaired) electrons. The molecule has 1 aromatic rings. The van der Waals surface area contributed by atoms with Crippen LogP contribution in [0, 0.1) is 17.8 Å². The maximum Gasteiger partial charge on any atom is 0.237 e. The first-order valence-electron chi connectivity index (χ1n) is 7.38. The molecule has 1 aliphatic carbocycles. The number of nitrogens with zero attached hydrogens (tertiary/aromatic N) is 1. The number of benzene rings is 1. The van der Waals surface area contributed by atoms with Crippen molar-refractivity contribution in [3.05, 3.63) is 18.2 Å². The molecule has 2 aliphatic rings. The van der Waals surface area contributed by atoms with Crippen LogP contribution >= 0.6 is 0 Å². The summed E-state index contributed by atoms with van der Waals surface area (Å²) in [5, 5.41) is 0. The second-order valence-electron chi connectivity index (χ2n) is 5.90. The molecule has 2 N–H and O–H groups in total. The fraction of sp³-hybridized carbons (Fsp3) is 0.500. The molecule has 1 saturated carbocycles. The van der Waals surface area contributed by atoms with Crippen LogP contribution in [-0.4, -0.2) is 18.9 Å². The Balaban J connectivity index is 1.97. The standard InChI is InChI=1S/C16H20N2O3/c1-3-9-6-11-12(7-9)16(20)18(15(11)19)13-8-10(17)4-5-14(13)21-2/h4-5,8-9,11-12H,3,6-7,17H2,1-2H3. The van der Waals surface area contributed by atoms with E-state index in [9.17, 15) is 9.59 Å². The third-order valence-electron chi connectivity index (χ3n) is 4.76. The van der Waals surface area contributed by atoms with Crippen molar-refractivity contribution in [1.82, 2.24) is 0 Å². The van der Waals surface area contributed by atoms with E-state index in [1.54, 1.807) is 18.2 Å². The normalized spacial score (nSPS) is 28.1. The summed E-state index contributed by atoms with van der Waals surface area (Å²) >= 11 is 0. The lowest BCUT2D eigenvalue weighted by atomic mass is 10.00. The quantitative estimate of drug-likeness (QED) is 0.683. The van der Waals surface area contributed by atoms with Gasteiger partial charge in [0, 0.05) is 5.69 Å². The fourth-order valence-electron chi connectivity index (χ4n) is 3.58. The first-order chi connectivity index (χ1) is 10.1. The zero-order valence-corrected chi connectivity index (χ0v) is 12.3. The first kappa shape index (κ1) is 13.9. The minimum Gasteiger partial charge on any atom is -0.495 e. The Morgan fingerprint density at radius 3 is 2.38 bits per heavy atom. The van der Waals surface area contributed by atoms with Crippen molar-refractivity contribution in [3.63, 3.8) is 0 Å². The average molecular weight is 288 g/mol. The molecular formula is C16H20N2O3. The van der Waals surface area contributed by atoms with Gasteiger partial charge in [0.05, 0.1) is 24.6 Å². The number of anilines is 2. The van der Waals surface area contributed by atoms with E-state index in [0.717, 1.165) is 19.3 Å². The Morgan fingerprint density at radius 1 is 1.24 bits per heavy atom. The van der Waals surface area contributed by atoms with Gasteiger partial charge in [-0.25, -0.2) is 4.90 Å². The molecule has 1 heterocycles. The highest BCUT2D eigenvalue weighted by Gasteiger charge is 2.53.